The number of nitrogens with one attached hydrogen (secondary N) is 1. The van der Waals surface area contributed by atoms with Crippen LogP contribution in [0.15, 0.2) is 12.7 Å². The number of aliphatic hydroxyl groups is 1. The van der Waals surface area contributed by atoms with Crippen LogP contribution in [0.25, 0.3) is 0 Å². The lowest BCUT2D eigenvalue weighted by molar-refractivity contribution is -0.135. The standard InChI is InChI=1S/C11H20N2O2/c1-3-4-13(5-6-14)11(15)10-8-12-7-9(10)2/h3,9-10,12,14H,1,4-8H2,2H3. The first-order valence-corrected chi connectivity index (χ1v) is 5.42. The molecule has 0 spiro atoms. The topological polar surface area (TPSA) is 52.6 Å². The third-order valence-corrected chi connectivity index (χ3v) is 2.87. The molecule has 1 amide bonds. The molecule has 4 heteroatoms. The number of rotatable bonds is 5. The number of hydrogen-bond acceptors (Lipinski definition) is 3. The average Bonchev–Trinajstić information content (AvgIpc) is 2.63. The zero-order valence-electron chi connectivity index (χ0n) is 9.28. The fraction of sp³-hybridized carbons (Fsp3) is 0.727. The second-order valence-corrected chi connectivity index (χ2v) is 4.04. The number of hydrogen-bond donors (Lipinski definition) is 2. The van der Waals surface area contributed by atoms with Crippen molar-refractivity contribution in [1.82, 2.24) is 10.2 Å². The second kappa shape index (κ2) is 5.88. The molecule has 0 aromatic heterocycles. The molecule has 0 aromatic rings. The van der Waals surface area contributed by atoms with Gasteiger partial charge in [0.2, 0.25) is 5.91 Å². The van der Waals surface area contributed by atoms with Gasteiger partial charge in [0, 0.05) is 19.6 Å². The van der Waals surface area contributed by atoms with Crippen LogP contribution in [0.2, 0.25) is 0 Å². The maximum Gasteiger partial charge on any atom is 0.227 e. The Labute approximate surface area is 91.0 Å². The Hall–Kier alpha value is -0.870. The van der Waals surface area contributed by atoms with Crippen LogP contribution in [0.3, 0.4) is 0 Å². The molecule has 1 heterocycles. The Balaban J connectivity index is 2.57. The molecule has 2 N–H and O–H groups in total. The number of carbonyl (C=O) groups is 1. The fourth-order valence-electron chi connectivity index (χ4n) is 1.94. The molecule has 2 unspecified atom stereocenters. The summed E-state index contributed by atoms with van der Waals surface area (Å²) in [6.45, 7) is 8.27. The first-order valence-electron chi connectivity index (χ1n) is 5.42. The van der Waals surface area contributed by atoms with Crippen molar-refractivity contribution in [1.29, 1.82) is 0 Å². The van der Waals surface area contributed by atoms with Gasteiger partial charge in [0.05, 0.1) is 12.5 Å². The van der Waals surface area contributed by atoms with E-state index in [0.717, 1.165) is 13.1 Å². The molecule has 0 bridgehead atoms. The molecule has 1 aliphatic heterocycles. The van der Waals surface area contributed by atoms with Gasteiger partial charge in [0.1, 0.15) is 0 Å². The van der Waals surface area contributed by atoms with Crippen LogP contribution in [-0.2, 0) is 4.79 Å². The summed E-state index contributed by atoms with van der Waals surface area (Å²) in [6, 6.07) is 0. The molecular weight excluding hydrogens is 192 g/mol. The van der Waals surface area contributed by atoms with Crippen molar-refractivity contribution < 1.29 is 9.90 Å². The van der Waals surface area contributed by atoms with Gasteiger partial charge in [-0.3, -0.25) is 4.79 Å². The molecular formula is C11H20N2O2. The van der Waals surface area contributed by atoms with Gasteiger partial charge in [-0.15, -0.1) is 6.58 Å². The van der Waals surface area contributed by atoms with Crippen LogP contribution >= 0.6 is 0 Å². The van der Waals surface area contributed by atoms with Gasteiger partial charge in [0.25, 0.3) is 0 Å². The van der Waals surface area contributed by atoms with Crippen molar-refractivity contribution in [3.05, 3.63) is 12.7 Å². The summed E-state index contributed by atoms with van der Waals surface area (Å²) in [4.78, 5) is 13.7. The third kappa shape index (κ3) is 3.04. The maximum atomic E-state index is 12.1. The Morgan fingerprint density at radius 2 is 2.40 bits per heavy atom. The first kappa shape index (κ1) is 12.2. The summed E-state index contributed by atoms with van der Waals surface area (Å²) in [5.41, 5.74) is 0. The van der Waals surface area contributed by atoms with E-state index in [0.29, 0.717) is 19.0 Å². The van der Waals surface area contributed by atoms with Crippen molar-refractivity contribution in [3.8, 4) is 0 Å². The molecule has 0 aliphatic carbocycles. The molecule has 1 rings (SSSR count). The maximum absolute atomic E-state index is 12.1. The van der Waals surface area contributed by atoms with E-state index >= 15 is 0 Å². The van der Waals surface area contributed by atoms with E-state index in [1.165, 1.54) is 0 Å². The summed E-state index contributed by atoms with van der Waals surface area (Å²) < 4.78 is 0. The minimum atomic E-state index is 0.00805. The van der Waals surface area contributed by atoms with Crippen LogP contribution in [0.5, 0.6) is 0 Å². The number of amides is 1. The number of aliphatic hydroxyl groups excluding tert-OH is 1. The highest BCUT2D eigenvalue weighted by atomic mass is 16.3. The van der Waals surface area contributed by atoms with Crippen molar-refractivity contribution >= 4 is 5.91 Å². The van der Waals surface area contributed by atoms with Crippen LogP contribution in [0.1, 0.15) is 6.92 Å². The van der Waals surface area contributed by atoms with Crippen molar-refractivity contribution in [2.45, 2.75) is 6.92 Å². The van der Waals surface area contributed by atoms with E-state index in [4.69, 9.17) is 5.11 Å². The van der Waals surface area contributed by atoms with E-state index < -0.39 is 0 Å². The second-order valence-electron chi connectivity index (χ2n) is 4.04. The van der Waals surface area contributed by atoms with E-state index in [1.54, 1.807) is 11.0 Å². The molecule has 0 radical (unpaired) electrons. The van der Waals surface area contributed by atoms with Crippen LogP contribution < -0.4 is 5.32 Å². The monoisotopic (exact) mass is 212 g/mol. The largest absolute Gasteiger partial charge is 0.395 e. The van der Waals surface area contributed by atoms with Gasteiger partial charge >= 0.3 is 0 Å². The van der Waals surface area contributed by atoms with Gasteiger partial charge in [-0.2, -0.15) is 0 Å². The Bertz CT molecular complexity index is 231. The number of carbonyl (C=O) groups excluding carboxylic acids is 1. The summed E-state index contributed by atoms with van der Waals surface area (Å²) in [5, 5.41) is 12.1. The van der Waals surface area contributed by atoms with Crippen LogP contribution in [-0.4, -0.2) is 48.7 Å². The summed E-state index contributed by atoms with van der Waals surface area (Å²) >= 11 is 0. The SMILES string of the molecule is C=CCN(CCO)C(=O)C1CNCC1C. The van der Waals surface area contributed by atoms with E-state index in [2.05, 4.69) is 18.8 Å². The molecule has 15 heavy (non-hydrogen) atoms. The molecule has 1 fully saturated rings. The molecule has 0 saturated carbocycles. The van der Waals surface area contributed by atoms with E-state index in [1.807, 2.05) is 0 Å². The van der Waals surface area contributed by atoms with Crippen molar-refractivity contribution in [2.75, 3.05) is 32.8 Å². The van der Waals surface area contributed by atoms with Crippen molar-refractivity contribution in [2.24, 2.45) is 11.8 Å². The lowest BCUT2D eigenvalue weighted by Gasteiger charge is -2.25. The third-order valence-electron chi connectivity index (χ3n) is 2.87. The average molecular weight is 212 g/mol. The quantitative estimate of drug-likeness (QED) is 0.623. The fourth-order valence-corrected chi connectivity index (χ4v) is 1.94. The summed E-state index contributed by atoms with van der Waals surface area (Å²) in [7, 11) is 0. The predicted molar refractivity (Wildman–Crippen MR) is 59.4 cm³/mol. The minimum absolute atomic E-state index is 0.00805. The summed E-state index contributed by atoms with van der Waals surface area (Å²) in [5.74, 6) is 0.557. The number of nitrogens with zero attached hydrogens (tertiary/aromatic N) is 1. The lowest BCUT2D eigenvalue weighted by Crippen LogP contribution is -2.40. The Morgan fingerprint density at radius 3 is 2.87 bits per heavy atom. The van der Waals surface area contributed by atoms with Gasteiger partial charge in [-0.1, -0.05) is 13.0 Å². The highest BCUT2D eigenvalue weighted by molar-refractivity contribution is 5.80. The van der Waals surface area contributed by atoms with Gasteiger partial charge in [0.15, 0.2) is 0 Å². The normalized spacial score (nSPS) is 25.2. The molecule has 4 nitrogen and oxygen atoms in total. The van der Waals surface area contributed by atoms with Gasteiger partial charge in [-0.25, -0.2) is 0 Å². The Kier molecular flexibility index (Phi) is 4.78. The zero-order chi connectivity index (χ0) is 11.3. The Morgan fingerprint density at radius 1 is 1.67 bits per heavy atom. The van der Waals surface area contributed by atoms with Crippen LogP contribution in [0, 0.1) is 11.8 Å². The smallest absolute Gasteiger partial charge is 0.227 e. The summed E-state index contributed by atoms with van der Waals surface area (Å²) in [6.07, 6.45) is 1.70. The lowest BCUT2D eigenvalue weighted by atomic mass is 9.96. The molecule has 0 aromatic carbocycles. The highest BCUT2D eigenvalue weighted by Gasteiger charge is 2.32. The van der Waals surface area contributed by atoms with E-state index in [9.17, 15) is 4.79 Å². The zero-order valence-corrected chi connectivity index (χ0v) is 9.28. The van der Waals surface area contributed by atoms with Crippen LogP contribution in [0.4, 0.5) is 0 Å². The molecule has 86 valence electrons. The van der Waals surface area contributed by atoms with Crippen molar-refractivity contribution in [3.63, 3.8) is 0 Å². The predicted octanol–water partition coefficient (Wildman–Crippen LogP) is -0.151. The molecule has 1 saturated heterocycles. The highest BCUT2D eigenvalue weighted by Crippen LogP contribution is 2.18. The minimum Gasteiger partial charge on any atom is -0.395 e. The van der Waals surface area contributed by atoms with Gasteiger partial charge in [-0.05, 0) is 12.5 Å². The van der Waals surface area contributed by atoms with Gasteiger partial charge < -0.3 is 15.3 Å². The molecule has 1 aliphatic rings. The molecule has 2 atom stereocenters. The first-order chi connectivity index (χ1) is 7.20. The van der Waals surface area contributed by atoms with E-state index in [-0.39, 0.29) is 18.4 Å².